The fraction of sp³-hybridized carbons (Fsp3) is 1.00. The summed E-state index contributed by atoms with van der Waals surface area (Å²) in [5, 5.41) is 19.1. The van der Waals surface area contributed by atoms with E-state index in [0.717, 1.165) is 0 Å². The first-order valence-electron chi connectivity index (χ1n) is 4.02. The molecule has 0 aromatic heterocycles. The normalized spacial score (nSPS) is 44.6. The van der Waals surface area contributed by atoms with E-state index in [1.807, 2.05) is 0 Å². The van der Waals surface area contributed by atoms with Crippen LogP contribution in [0, 0.1) is 0 Å². The van der Waals surface area contributed by atoms with Crippen LogP contribution in [-0.2, 0) is 16.2 Å². The number of alkyl halides is 1. The lowest BCUT2D eigenvalue weighted by molar-refractivity contribution is -0.277. The van der Waals surface area contributed by atoms with Gasteiger partial charge in [-0.2, -0.15) is 0 Å². The van der Waals surface area contributed by atoms with Crippen LogP contribution in [0.25, 0.3) is 0 Å². The lowest BCUT2D eigenvalue weighted by Gasteiger charge is -2.45. The Morgan fingerprint density at radius 3 is 2.31 bits per heavy atom. The largest absolute Gasteiger partial charge is 0.385 e. The predicted octanol–water partition coefficient (Wildman–Crippen LogP) is 1.50. The first-order chi connectivity index (χ1) is 7.51. The Balaban J connectivity index is 2.93. The molecule has 1 aliphatic heterocycles. The van der Waals surface area contributed by atoms with Crippen LogP contribution in [0.15, 0.2) is 0 Å². The Bertz CT molecular complexity index is 233. The first kappa shape index (κ1) is 15.7. The quantitative estimate of drug-likeness (QED) is 0.576. The summed E-state index contributed by atoms with van der Waals surface area (Å²) in [7, 11) is 0. The van der Waals surface area contributed by atoms with E-state index in [0.29, 0.717) is 0 Å². The molecule has 6 nitrogen and oxygen atoms in total. The average molecular weight is 496 g/mol. The van der Waals surface area contributed by atoms with Crippen LogP contribution >= 0.6 is 64.7 Å². The Labute approximate surface area is 126 Å². The van der Waals surface area contributed by atoms with Crippen molar-refractivity contribution in [3.63, 3.8) is 0 Å². The molecule has 0 aromatic rings. The number of aliphatic hydroxyl groups is 2. The summed E-state index contributed by atoms with van der Waals surface area (Å²) in [6, 6.07) is 0. The molecule has 2 N–H and O–H groups in total. The van der Waals surface area contributed by atoms with Crippen LogP contribution in [0.4, 0.5) is 0 Å². The minimum Gasteiger partial charge on any atom is -0.385 e. The highest BCUT2D eigenvalue weighted by Gasteiger charge is 2.57. The molecule has 10 heteroatoms. The Kier molecular flexibility index (Phi) is 6.62. The highest BCUT2D eigenvalue weighted by molar-refractivity contribution is 9.11. The van der Waals surface area contributed by atoms with Gasteiger partial charge in [-0.05, 0) is 15.9 Å². The van der Waals surface area contributed by atoms with Gasteiger partial charge in [0.1, 0.15) is 34.6 Å². The minimum atomic E-state index is -1.40. The highest BCUT2D eigenvalue weighted by Crippen LogP contribution is 2.41. The van der Waals surface area contributed by atoms with Gasteiger partial charge < -0.3 is 18.8 Å². The molecular formula is C6H8Br4O6. The van der Waals surface area contributed by atoms with Gasteiger partial charge >= 0.3 is 0 Å². The van der Waals surface area contributed by atoms with Crippen molar-refractivity contribution in [1.82, 2.24) is 0 Å². The molecule has 1 unspecified atom stereocenters. The molecule has 0 saturated carbocycles. The number of ether oxygens (including phenoxy) is 1. The molecule has 0 radical (unpaired) electrons. The Morgan fingerprint density at radius 2 is 1.88 bits per heavy atom. The van der Waals surface area contributed by atoms with E-state index in [-0.39, 0.29) is 6.61 Å². The molecule has 1 aliphatic rings. The van der Waals surface area contributed by atoms with Gasteiger partial charge in [-0.15, -0.1) is 0 Å². The van der Waals surface area contributed by atoms with Crippen LogP contribution in [-0.4, -0.2) is 45.9 Å². The van der Waals surface area contributed by atoms with Gasteiger partial charge in [-0.1, -0.05) is 0 Å². The number of rotatable bonds is 4. The average Bonchev–Trinajstić information content (AvgIpc) is 2.27. The topological polar surface area (TPSA) is 77.4 Å². The van der Waals surface area contributed by atoms with E-state index in [1.165, 1.54) is 0 Å². The smallest absolute Gasteiger partial charge is 0.195 e. The zero-order valence-corrected chi connectivity index (χ0v) is 13.9. The maximum Gasteiger partial charge on any atom is 0.195 e. The van der Waals surface area contributed by atoms with Crippen molar-refractivity contribution < 1.29 is 26.4 Å². The van der Waals surface area contributed by atoms with Gasteiger partial charge in [0.25, 0.3) is 0 Å². The molecule has 0 aliphatic carbocycles. The van der Waals surface area contributed by atoms with Crippen molar-refractivity contribution in [3.05, 3.63) is 0 Å². The summed E-state index contributed by atoms with van der Waals surface area (Å²) in [6.45, 7) is 0.0630. The summed E-state index contributed by atoms with van der Waals surface area (Å²) >= 11 is 11.6. The standard InChI is InChI=1S/C6H8Br4O6/c7-6(16-10)2(1-13-8)14-5(12)3(11)4(6)15-9/h2-5,11-12H,1H2/t2-,3-,4-,5?,6-/m1/s1. The van der Waals surface area contributed by atoms with Gasteiger partial charge in [0.2, 0.25) is 0 Å². The van der Waals surface area contributed by atoms with Crippen molar-refractivity contribution >= 4 is 64.7 Å². The van der Waals surface area contributed by atoms with Crippen molar-refractivity contribution in [1.29, 1.82) is 0 Å². The third kappa shape index (κ3) is 2.98. The minimum absolute atomic E-state index is 0.0630. The summed E-state index contributed by atoms with van der Waals surface area (Å²) in [5.74, 6) is 0. The van der Waals surface area contributed by atoms with Crippen LogP contribution in [0.2, 0.25) is 0 Å². The number of halogens is 4. The van der Waals surface area contributed by atoms with Gasteiger partial charge in [-0.25, -0.2) is 0 Å². The van der Waals surface area contributed by atoms with Crippen molar-refractivity contribution in [2.75, 3.05) is 6.61 Å². The molecule has 0 aromatic carbocycles. The summed E-state index contributed by atoms with van der Waals surface area (Å²) in [5.41, 5.74) is 0. The summed E-state index contributed by atoms with van der Waals surface area (Å²) < 4.78 is 18.6. The molecule has 1 fully saturated rings. The molecular weight excluding hydrogens is 488 g/mol. The van der Waals surface area contributed by atoms with E-state index >= 15 is 0 Å². The van der Waals surface area contributed by atoms with Crippen LogP contribution in [0.3, 0.4) is 0 Å². The SMILES string of the molecule is OC1O[C@H](COBr)[C@@](Br)(OBr)[C@H](OBr)[C@H]1O. The van der Waals surface area contributed by atoms with Crippen molar-refractivity contribution in [2.24, 2.45) is 0 Å². The van der Waals surface area contributed by atoms with Gasteiger partial charge in [0.05, 0.1) is 39.1 Å². The van der Waals surface area contributed by atoms with E-state index in [1.54, 1.807) is 0 Å². The van der Waals surface area contributed by atoms with Crippen LogP contribution in [0.5, 0.6) is 0 Å². The predicted molar refractivity (Wildman–Crippen MR) is 67.2 cm³/mol. The third-order valence-electron chi connectivity index (χ3n) is 2.16. The fourth-order valence-electron chi connectivity index (χ4n) is 1.32. The lowest BCUT2D eigenvalue weighted by atomic mass is 9.99. The zero-order chi connectivity index (χ0) is 12.3. The van der Waals surface area contributed by atoms with Gasteiger partial charge in [0.15, 0.2) is 10.8 Å². The molecule has 1 saturated heterocycles. The molecule has 0 amide bonds. The van der Waals surface area contributed by atoms with E-state index < -0.39 is 29.1 Å². The number of aliphatic hydroxyl groups excluding tert-OH is 2. The number of hydrogen-bond acceptors (Lipinski definition) is 6. The van der Waals surface area contributed by atoms with Crippen molar-refractivity contribution in [2.45, 2.75) is 29.1 Å². The third-order valence-corrected chi connectivity index (χ3v) is 4.92. The van der Waals surface area contributed by atoms with E-state index in [2.05, 4.69) is 64.7 Å². The first-order valence-corrected chi connectivity index (χ1v) is 6.76. The van der Waals surface area contributed by atoms with Crippen molar-refractivity contribution in [3.8, 4) is 0 Å². The molecule has 0 bridgehead atoms. The number of hydrogen-bond donors (Lipinski definition) is 2. The second-order valence-electron chi connectivity index (χ2n) is 3.07. The fourth-order valence-corrected chi connectivity index (χ4v) is 3.31. The zero-order valence-electron chi connectivity index (χ0n) is 7.56. The van der Waals surface area contributed by atoms with Gasteiger partial charge in [0, 0.05) is 0 Å². The second kappa shape index (κ2) is 6.73. The molecule has 1 heterocycles. The van der Waals surface area contributed by atoms with Crippen LogP contribution < -0.4 is 0 Å². The maximum atomic E-state index is 9.68. The van der Waals surface area contributed by atoms with E-state index in [4.69, 9.17) is 16.2 Å². The molecule has 1 rings (SSSR count). The molecule has 5 atom stereocenters. The summed E-state index contributed by atoms with van der Waals surface area (Å²) in [6.07, 6.45) is -4.32. The Morgan fingerprint density at radius 1 is 1.25 bits per heavy atom. The highest BCUT2D eigenvalue weighted by atomic mass is 79.9. The Hall–Kier alpha value is 1.68. The molecule has 0 spiro atoms. The summed E-state index contributed by atoms with van der Waals surface area (Å²) in [4.78, 5) is 0. The maximum absolute atomic E-state index is 9.68. The molecule has 96 valence electrons. The van der Waals surface area contributed by atoms with Gasteiger partial charge in [-0.3, -0.25) is 7.66 Å². The van der Waals surface area contributed by atoms with E-state index in [9.17, 15) is 10.2 Å². The monoisotopic (exact) mass is 492 g/mol. The lowest BCUT2D eigenvalue weighted by Crippen LogP contribution is -2.64. The van der Waals surface area contributed by atoms with Crippen LogP contribution in [0.1, 0.15) is 0 Å². The molecule has 16 heavy (non-hydrogen) atoms. The second-order valence-corrected chi connectivity index (χ2v) is 5.46.